The molecule has 1 saturated carbocycles. The summed E-state index contributed by atoms with van der Waals surface area (Å²) >= 11 is 6.68. The van der Waals surface area contributed by atoms with Crippen LogP contribution in [-0.4, -0.2) is 25.0 Å². The zero-order valence-electron chi connectivity index (χ0n) is 11.6. The molecule has 1 aromatic heterocycles. The van der Waals surface area contributed by atoms with Crippen molar-refractivity contribution in [1.82, 2.24) is 4.72 Å². The molecule has 0 bridgehead atoms. The Morgan fingerprint density at radius 2 is 2.10 bits per heavy atom. The molecule has 1 heterocycles. The fraction of sp³-hybridized carbons (Fsp3) is 0.615. The molecule has 1 aliphatic rings. The third kappa shape index (κ3) is 3.59. The number of carbonyl (C=O) groups is 1. The van der Waals surface area contributed by atoms with Gasteiger partial charge in [-0.3, -0.25) is 4.79 Å². The summed E-state index contributed by atoms with van der Waals surface area (Å²) in [6.07, 6.45) is 3.06. The van der Waals surface area contributed by atoms with E-state index < -0.39 is 21.5 Å². The van der Waals surface area contributed by atoms with Crippen molar-refractivity contribution < 1.29 is 18.3 Å². The number of halogens is 1. The Bertz CT molecular complexity index is 618. The van der Waals surface area contributed by atoms with Crippen molar-refractivity contribution in [2.24, 2.45) is 5.92 Å². The minimum Gasteiger partial charge on any atom is -0.480 e. The normalized spacial score (nSPS) is 26.7. The van der Waals surface area contributed by atoms with Crippen LogP contribution in [0.25, 0.3) is 0 Å². The van der Waals surface area contributed by atoms with E-state index in [9.17, 15) is 18.3 Å². The molecule has 0 aromatic carbocycles. The van der Waals surface area contributed by atoms with Crippen molar-refractivity contribution in [2.45, 2.75) is 48.8 Å². The number of nitrogens with one attached hydrogen (secondary N) is 1. The van der Waals surface area contributed by atoms with Crippen molar-refractivity contribution in [3.63, 3.8) is 0 Å². The topological polar surface area (TPSA) is 83.5 Å². The van der Waals surface area contributed by atoms with Crippen LogP contribution in [0.1, 0.15) is 39.0 Å². The molecule has 8 heteroatoms. The Balaban J connectivity index is 2.23. The first-order valence-corrected chi connectivity index (χ1v) is 9.49. The number of carboxylic acid groups (broad SMARTS) is 1. The molecule has 1 aromatic rings. The van der Waals surface area contributed by atoms with Crippen LogP contribution >= 0.6 is 22.9 Å². The van der Waals surface area contributed by atoms with Crippen LogP contribution in [0.4, 0.5) is 0 Å². The third-order valence-corrected chi connectivity index (χ3v) is 7.35. The van der Waals surface area contributed by atoms with E-state index in [0.717, 1.165) is 30.6 Å². The van der Waals surface area contributed by atoms with E-state index in [0.29, 0.717) is 23.1 Å². The lowest BCUT2D eigenvalue weighted by atomic mass is 9.76. The highest BCUT2D eigenvalue weighted by molar-refractivity contribution is 7.91. The Labute approximate surface area is 133 Å². The zero-order chi connectivity index (χ0) is 15.7. The van der Waals surface area contributed by atoms with Crippen molar-refractivity contribution in [1.29, 1.82) is 0 Å². The van der Waals surface area contributed by atoms with Gasteiger partial charge >= 0.3 is 5.97 Å². The van der Waals surface area contributed by atoms with Gasteiger partial charge < -0.3 is 5.11 Å². The zero-order valence-corrected chi connectivity index (χ0v) is 14.0. The molecule has 0 aliphatic heterocycles. The average Bonchev–Trinajstić information content (AvgIpc) is 2.86. The predicted octanol–water partition coefficient (Wildman–Crippen LogP) is 3.10. The largest absolute Gasteiger partial charge is 0.480 e. The fourth-order valence-corrected chi connectivity index (χ4v) is 5.59. The van der Waals surface area contributed by atoms with Crippen LogP contribution in [0.5, 0.6) is 0 Å². The van der Waals surface area contributed by atoms with Gasteiger partial charge in [0, 0.05) is 0 Å². The lowest BCUT2D eigenvalue weighted by Gasteiger charge is -2.36. The van der Waals surface area contributed by atoms with E-state index in [1.165, 1.54) is 12.1 Å². The second-order valence-corrected chi connectivity index (χ2v) is 9.03. The molecular formula is C13H18ClNO4S2. The van der Waals surface area contributed by atoms with Crippen molar-refractivity contribution in [3.8, 4) is 0 Å². The monoisotopic (exact) mass is 351 g/mol. The first-order chi connectivity index (χ1) is 9.79. The van der Waals surface area contributed by atoms with E-state index in [1.807, 2.05) is 0 Å². The summed E-state index contributed by atoms with van der Waals surface area (Å²) in [7, 11) is -3.86. The molecule has 118 valence electrons. The smallest absolute Gasteiger partial charge is 0.324 e. The third-order valence-electron chi connectivity index (χ3n) is 4.09. The molecule has 0 amide bonds. The van der Waals surface area contributed by atoms with Gasteiger partial charge in [0.05, 0.1) is 4.34 Å². The second kappa shape index (κ2) is 6.24. The van der Waals surface area contributed by atoms with Gasteiger partial charge in [-0.05, 0) is 43.7 Å². The Kier molecular flexibility index (Phi) is 4.97. The minimum atomic E-state index is -3.86. The molecule has 2 N–H and O–H groups in total. The van der Waals surface area contributed by atoms with Gasteiger partial charge in [0.1, 0.15) is 9.75 Å². The van der Waals surface area contributed by atoms with Crippen LogP contribution in [0.15, 0.2) is 16.3 Å². The first kappa shape index (κ1) is 16.7. The van der Waals surface area contributed by atoms with Crippen LogP contribution < -0.4 is 4.72 Å². The molecule has 0 atom stereocenters. The summed E-state index contributed by atoms with van der Waals surface area (Å²) in [4.78, 5) is 11.6. The van der Waals surface area contributed by atoms with Crippen LogP contribution in [0, 0.1) is 5.92 Å². The molecule has 5 nitrogen and oxygen atoms in total. The van der Waals surface area contributed by atoms with Crippen molar-refractivity contribution >= 4 is 38.9 Å². The van der Waals surface area contributed by atoms with Gasteiger partial charge in [0.15, 0.2) is 0 Å². The van der Waals surface area contributed by atoms with Gasteiger partial charge in [-0.25, -0.2) is 8.42 Å². The molecule has 2 rings (SSSR count). The van der Waals surface area contributed by atoms with Crippen LogP contribution in [0.3, 0.4) is 0 Å². The Morgan fingerprint density at radius 1 is 1.48 bits per heavy atom. The van der Waals surface area contributed by atoms with E-state index >= 15 is 0 Å². The van der Waals surface area contributed by atoms with Crippen LogP contribution in [0.2, 0.25) is 4.34 Å². The van der Waals surface area contributed by atoms with Gasteiger partial charge in [-0.15, -0.1) is 11.3 Å². The number of aliphatic carboxylic acids is 1. The number of hydrogen-bond donors (Lipinski definition) is 2. The summed E-state index contributed by atoms with van der Waals surface area (Å²) in [5.74, 6) is -0.638. The quantitative estimate of drug-likeness (QED) is 0.853. The van der Waals surface area contributed by atoms with Crippen molar-refractivity contribution in [3.05, 3.63) is 16.5 Å². The predicted molar refractivity (Wildman–Crippen MR) is 82.3 cm³/mol. The molecule has 21 heavy (non-hydrogen) atoms. The number of rotatable bonds is 5. The van der Waals surface area contributed by atoms with Gasteiger partial charge in [0.2, 0.25) is 0 Å². The Hall–Kier alpha value is -0.630. The number of hydrogen-bond acceptors (Lipinski definition) is 4. The van der Waals surface area contributed by atoms with E-state index in [1.54, 1.807) is 0 Å². The maximum absolute atomic E-state index is 12.4. The van der Waals surface area contributed by atoms with Crippen molar-refractivity contribution in [2.75, 3.05) is 0 Å². The number of sulfonamides is 1. The highest BCUT2D eigenvalue weighted by Crippen LogP contribution is 2.36. The lowest BCUT2D eigenvalue weighted by Crippen LogP contribution is -2.56. The number of thiophene rings is 1. The standard InChI is InChI=1S/C13H18ClNO4S2/c1-2-9-5-7-13(8-6-9,12(16)17)15-21(18,19)11-4-3-10(14)20-11/h3-4,9,15H,2,5-8H2,1H3,(H,16,17). The van der Waals surface area contributed by atoms with Gasteiger partial charge in [0.25, 0.3) is 10.0 Å². The van der Waals surface area contributed by atoms with Gasteiger partial charge in [-0.2, -0.15) is 4.72 Å². The molecule has 0 spiro atoms. The van der Waals surface area contributed by atoms with E-state index in [-0.39, 0.29) is 4.21 Å². The minimum absolute atomic E-state index is 0.0470. The summed E-state index contributed by atoms with van der Waals surface area (Å²) in [5.41, 5.74) is -1.40. The Morgan fingerprint density at radius 3 is 2.52 bits per heavy atom. The highest BCUT2D eigenvalue weighted by Gasteiger charge is 2.45. The maximum atomic E-state index is 12.4. The molecule has 0 unspecified atom stereocenters. The average molecular weight is 352 g/mol. The molecular weight excluding hydrogens is 334 g/mol. The van der Waals surface area contributed by atoms with Crippen LogP contribution in [-0.2, 0) is 14.8 Å². The molecule has 0 saturated heterocycles. The summed E-state index contributed by atoms with van der Waals surface area (Å²) in [5, 5.41) is 9.51. The van der Waals surface area contributed by atoms with E-state index in [4.69, 9.17) is 11.6 Å². The maximum Gasteiger partial charge on any atom is 0.324 e. The van der Waals surface area contributed by atoms with Gasteiger partial charge in [-0.1, -0.05) is 24.9 Å². The fourth-order valence-electron chi connectivity index (χ4n) is 2.69. The first-order valence-electron chi connectivity index (χ1n) is 6.82. The highest BCUT2D eigenvalue weighted by atomic mass is 35.5. The molecule has 1 fully saturated rings. The number of carboxylic acids is 1. The lowest BCUT2D eigenvalue weighted by molar-refractivity contribution is -0.145. The summed E-state index contributed by atoms with van der Waals surface area (Å²) in [6.45, 7) is 2.07. The summed E-state index contributed by atoms with van der Waals surface area (Å²) < 4.78 is 27.5. The van der Waals surface area contributed by atoms with E-state index in [2.05, 4.69) is 11.6 Å². The summed E-state index contributed by atoms with van der Waals surface area (Å²) in [6, 6.07) is 2.88. The second-order valence-electron chi connectivity index (χ2n) is 5.40. The SMILES string of the molecule is CCC1CCC(NS(=O)(=O)c2ccc(Cl)s2)(C(=O)O)CC1. The molecule has 1 aliphatic carbocycles. The molecule has 0 radical (unpaired) electrons.